The minimum absolute atomic E-state index is 0.375. The minimum Gasteiger partial charge on any atom is -0.321 e. The molecule has 0 radical (unpaired) electrons. The average Bonchev–Trinajstić information content (AvgIpc) is 3.41. The zero-order chi connectivity index (χ0) is 22.3. The van der Waals surface area contributed by atoms with E-state index in [0.29, 0.717) is 11.4 Å². The maximum Gasteiger partial charge on any atom is 0.325 e. The van der Waals surface area contributed by atoms with Gasteiger partial charge in [0.25, 0.3) is 5.91 Å². The molecule has 3 heterocycles. The molecule has 1 fully saturated rings. The molecule has 4 amide bonds. The van der Waals surface area contributed by atoms with Crippen molar-refractivity contribution in [2.75, 3.05) is 11.9 Å². The van der Waals surface area contributed by atoms with Crippen molar-refractivity contribution in [1.82, 2.24) is 20.0 Å². The van der Waals surface area contributed by atoms with Gasteiger partial charge in [0.15, 0.2) is 5.54 Å². The third-order valence-corrected chi connectivity index (χ3v) is 6.52. The second-order valence-corrected chi connectivity index (χ2v) is 8.71. The molecular weight excluding hydrogens is 414 g/mol. The van der Waals surface area contributed by atoms with Gasteiger partial charge in [0, 0.05) is 4.88 Å². The molecule has 0 bridgehead atoms. The van der Waals surface area contributed by atoms with Crippen molar-refractivity contribution in [2.45, 2.75) is 33.2 Å². The molecule has 2 N–H and O–H groups in total. The first-order valence-electron chi connectivity index (χ1n) is 9.82. The van der Waals surface area contributed by atoms with E-state index < -0.39 is 23.4 Å². The van der Waals surface area contributed by atoms with E-state index in [9.17, 15) is 14.4 Å². The molecule has 1 unspecified atom stereocenters. The molecule has 1 atom stereocenters. The van der Waals surface area contributed by atoms with Gasteiger partial charge < -0.3 is 10.6 Å². The predicted molar refractivity (Wildman–Crippen MR) is 118 cm³/mol. The van der Waals surface area contributed by atoms with Gasteiger partial charge in [-0.15, -0.1) is 11.3 Å². The van der Waals surface area contributed by atoms with E-state index in [1.165, 1.54) is 11.3 Å². The van der Waals surface area contributed by atoms with E-state index in [2.05, 4.69) is 15.7 Å². The van der Waals surface area contributed by atoms with Gasteiger partial charge in [-0.05, 0) is 51.3 Å². The topological polar surface area (TPSA) is 96.3 Å². The Morgan fingerprint density at radius 2 is 1.87 bits per heavy atom. The molecule has 31 heavy (non-hydrogen) atoms. The predicted octanol–water partition coefficient (Wildman–Crippen LogP) is 3.26. The van der Waals surface area contributed by atoms with Crippen LogP contribution >= 0.6 is 11.3 Å². The number of imide groups is 1. The van der Waals surface area contributed by atoms with Crippen molar-refractivity contribution in [3.8, 4) is 5.69 Å². The molecule has 9 heteroatoms. The Balaban J connectivity index is 1.51. The van der Waals surface area contributed by atoms with Crippen LogP contribution in [0.25, 0.3) is 5.69 Å². The maximum absolute atomic E-state index is 12.9. The molecular formula is C22H23N5O3S. The molecule has 0 saturated carbocycles. The summed E-state index contributed by atoms with van der Waals surface area (Å²) in [4.78, 5) is 39.8. The molecule has 4 rings (SSSR count). The lowest BCUT2D eigenvalue weighted by Gasteiger charge is -2.20. The number of nitrogens with zero attached hydrogens (tertiary/aromatic N) is 3. The highest BCUT2D eigenvalue weighted by Crippen LogP contribution is 2.32. The number of thiophene rings is 1. The van der Waals surface area contributed by atoms with Crippen LogP contribution in [0.15, 0.2) is 41.8 Å². The number of hydrogen-bond donors (Lipinski definition) is 2. The first-order valence-corrected chi connectivity index (χ1v) is 10.7. The second-order valence-electron chi connectivity index (χ2n) is 7.77. The summed E-state index contributed by atoms with van der Waals surface area (Å²) in [5.74, 6) is -0.910. The Kier molecular flexibility index (Phi) is 5.14. The van der Waals surface area contributed by atoms with Crippen LogP contribution in [0.2, 0.25) is 0 Å². The van der Waals surface area contributed by atoms with E-state index in [4.69, 9.17) is 0 Å². The van der Waals surface area contributed by atoms with Crippen molar-refractivity contribution in [3.63, 3.8) is 0 Å². The number of nitrogens with one attached hydrogen (secondary N) is 2. The number of rotatable bonds is 5. The van der Waals surface area contributed by atoms with Crippen LogP contribution in [-0.2, 0) is 15.1 Å². The molecule has 1 aliphatic rings. The number of anilines is 1. The number of carbonyl (C=O) groups is 3. The zero-order valence-electron chi connectivity index (χ0n) is 17.7. The first-order chi connectivity index (χ1) is 14.7. The molecule has 3 aromatic rings. The number of urea groups is 1. The highest BCUT2D eigenvalue weighted by molar-refractivity contribution is 7.10. The summed E-state index contributed by atoms with van der Waals surface area (Å²) in [6, 6.07) is 10.9. The molecule has 8 nitrogen and oxygen atoms in total. The summed E-state index contributed by atoms with van der Waals surface area (Å²) in [5.41, 5.74) is 2.84. The van der Waals surface area contributed by atoms with Crippen LogP contribution in [0.1, 0.15) is 28.8 Å². The quantitative estimate of drug-likeness (QED) is 0.599. The fraction of sp³-hybridized carbons (Fsp3) is 0.273. The van der Waals surface area contributed by atoms with Gasteiger partial charge in [-0.1, -0.05) is 23.8 Å². The number of aromatic nitrogens is 2. The Morgan fingerprint density at radius 3 is 2.52 bits per heavy atom. The lowest BCUT2D eigenvalue weighted by Crippen LogP contribution is -2.41. The van der Waals surface area contributed by atoms with E-state index >= 15 is 0 Å². The Hall–Kier alpha value is -3.46. The van der Waals surface area contributed by atoms with Crippen LogP contribution in [0, 0.1) is 20.8 Å². The summed E-state index contributed by atoms with van der Waals surface area (Å²) in [6.45, 7) is 6.94. The Bertz CT molecular complexity index is 1170. The summed E-state index contributed by atoms with van der Waals surface area (Å²) < 4.78 is 1.76. The van der Waals surface area contributed by atoms with Crippen LogP contribution in [0.5, 0.6) is 0 Å². The van der Waals surface area contributed by atoms with Crippen molar-refractivity contribution >= 4 is 34.9 Å². The second kappa shape index (κ2) is 7.66. The lowest BCUT2D eigenvalue weighted by atomic mass is 10.0. The van der Waals surface area contributed by atoms with Gasteiger partial charge in [0.2, 0.25) is 5.91 Å². The largest absolute Gasteiger partial charge is 0.325 e. The normalized spacial score (nSPS) is 18.4. The molecule has 0 aliphatic carbocycles. The Morgan fingerprint density at radius 1 is 1.16 bits per heavy atom. The summed E-state index contributed by atoms with van der Waals surface area (Å²) in [5, 5.41) is 11.9. The number of aryl methyl sites for hydroxylation is 2. The smallest absolute Gasteiger partial charge is 0.321 e. The van der Waals surface area contributed by atoms with Crippen LogP contribution < -0.4 is 10.6 Å². The maximum atomic E-state index is 12.9. The molecule has 1 aromatic carbocycles. The molecule has 1 saturated heterocycles. The van der Waals surface area contributed by atoms with Gasteiger partial charge >= 0.3 is 6.03 Å². The highest BCUT2D eigenvalue weighted by Gasteiger charge is 2.50. The minimum atomic E-state index is -1.16. The van der Waals surface area contributed by atoms with Crippen LogP contribution in [-0.4, -0.2) is 39.1 Å². The number of benzene rings is 1. The van der Waals surface area contributed by atoms with Gasteiger partial charge in [0.05, 0.1) is 22.8 Å². The molecule has 0 spiro atoms. The van der Waals surface area contributed by atoms with E-state index in [1.54, 1.807) is 24.6 Å². The SMILES string of the molecule is Cc1ccc(-n2nc(C)c(NC(=O)CN3C(=O)NC(C)(c4cccs4)C3=O)c2C)cc1. The van der Waals surface area contributed by atoms with Gasteiger partial charge in [-0.3, -0.25) is 14.5 Å². The van der Waals surface area contributed by atoms with Crippen molar-refractivity contribution in [2.24, 2.45) is 0 Å². The van der Waals surface area contributed by atoms with Crippen molar-refractivity contribution in [1.29, 1.82) is 0 Å². The van der Waals surface area contributed by atoms with Gasteiger partial charge in [0.1, 0.15) is 6.54 Å². The zero-order valence-corrected chi connectivity index (χ0v) is 18.5. The van der Waals surface area contributed by atoms with E-state index in [-0.39, 0.29) is 6.54 Å². The van der Waals surface area contributed by atoms with Crippen LogP contribution in [0.3, 0.4) is 0 Å². The number of amides is 4. The monoisotopic (exact) mass is 437 g/mol. The average molecular weight is 438 g/mol. The first kappa shape index (κ1) is 20.8. The fourth-order valence-corrected chi connectivity index (χ4v) is 4.49. The summed E-state index contributed by atoms with van der Waals surface area (Å²) in [6.07, 6.45) is 0. The number of hydrogen-bond acceptors (Lipinski definition) is 5. The molecule has 2 aromatic heterocycles. The summed E-state index contributed by atoms with van der Waals surface area (Å²) in [7, 11) is 0. The lowest BCUT2D eigenvalue weighted by molar-refractivity contribution is -0.133. The highest BCUT2D eigenvalue weighted by atomic mass is 32.1. The van der Waals surface area contributed by atoms with Gasteiger partial charge in [-0.25, -0.2) is 9.48 Å². The third-order valence-electron chi connectivity index (χ3n) is 5.42. The van der Waals surface area contributed by atoms with Crippen molar-refractivity contribution < 1.29 is 14.4 Å². The van der Waals surface area contributed by atoms with Crippen molar-refractivity contribution in [3.05, 3.63) is 63.6 Å². The van der Waals surface area contributed by atoms with Gasteiger partial charge in [-0.2, -0.15) is 5.10 Å². The van der Waals surface area contributed by atoms with Crippen LogP contribution in [0.4, 0.5) is 10.5 Å². The molecule has 1 aliphatic heterocycles. The number of carbonyl (C=O) groups excluding carboxylic acids is 3. The Labute approximate surface area is 183 Å². The van der Waals surface area contributed by atoms with E-state index in [1.807, 2.05) is 49.6 Å². The summed E-state index contributed by atoms with van der Waals surface area (Å²) >= 11 is 1.38. The third kappa shape index (κ3) is 3.61. The van der Waals surface area contributed by atoms with E-state index in [0.717, 1.165) is 26.7 Å². The fourth-order valence-electron chi connectivity index (χ4n) is 3.65. The molecule has 160 valence electrons. The standard InChI is InChI=1S/C22H23N5O3S/c1-13-7-9-16(10-8-13)27-15(3)19(14(2)25-27)23-18(28)12-26-20(29)22(4,24-21(26)30)17-6-5-11-31-17/h5-11H,12H2,1-4H3,(H,23,28)(H,24,30).